The minimum atomic E-state index is 0. The molecule has 1 unspecified atom stereocenters. The maximum atomic E-state index is 4.43. The van der Waals surface area contributed by atoms with Gasteiger partial charge in [0.15, 0.2) is 0 Å². The van der Waals surface area contributed by atoms with E-state index in [1.807, 2.05) is 7.05 Å². The molecule has 0 aromatic heterocycles. The van der Waals surface area contributed by atoms with Crippen molar-refractivity contribution in [1.82, 2.24) is 5.32 Å². The van der Waals surface area contributed by atoms with Crippen molar-refractivity contribution in [3.8, 4) is 0 Å². The molecule has 0 aliphatic heterocycles. The molecule has 1 aliphatic rings. The van der Waals surface area contributed by atoms with Gasteiger partial charge in [0.2, 0.25) is 0 Å². The molecule has 0 heterocycles. The topological polar surface area (TPSA) is 26.1 Å². The molecule has 1 fully saturated rings. The second kappa shape index (κ2) is 9.20. The molecule has 0 radical (unpaired) electrons. The van der Waals surface area contributed by atoms with Crippen LogP contribution in [-0.2, 0) is 0 Å². The molecule has 1 atom stereocenters. The Hall–Kier alpha value is 1.14. The van der Waals surface area contributed by atoms with Crippen molar-refractivity contribution in [2.45, 2.75) is 51.6 Å². The van der Waals surface area contributed by atoms with Gasteiger partial charge >= 0.3 is 51.4 Å². The molecule has 0 amide bonds. The Kier molecular flexibility index (Phi) is 9.89. The fourth-order valence-corrected chi connectivity index (χ4v) is 2.15. The van der Waals surface area contributed by atoms with E-state index < -0.39 is 0 Å². The van der Waals surface area contributed by atoms with Crippen LogP contribution in [0.2, 0.25) is 0 Å². The predicted octanol–water partition coefficient (Wildman–Crippen LogP) is 0.414. The maximum Gasteiger partial charge on any atom is 1.00 e. The van der Waals surface area contributed by atoms with E-state index in [-0.39, 0.29) is 51.4 Å². The van der Waals surface area contributed by atoms with E-state index >= 15 is 0 Å². The molecule has 1 aliphatic carbocycles. The average molecular weight is 234 g/mol. The van der Waals surface area contributed by atoms with Crippen molar-refractivity contribution in [3.63, 3.8) is 0 Å². The van der Waals surface area contributed by atoms with Crippen LogP contribution in [0.3, 0.4) is 0 Å². The molecule has 3 heteroatoms. The van der Waals surface area contributed by atoms with Gasteiger partial charge in [0.25, 0.3) is 0 Å². The van der Waals surface area contributed by atoms with Crippen LogP contribution in [-0.4, -0.2) is 13.2 Å². The average Bonchev–Trinajstić information content (AvgIpc) is 2.26. The van der Waals surface area contributed by atoms with Crippen molar-refractivity contribution in [2.24, 2.45) is 5.92 Å². The number of rotatable bonds is 5. The first-order chi connectivity index (χ1) is 6.77. The van der Waals surface area contributed by atoms with Crippen molar-refractivity contribution < 1.29 is 51.4 Å². The van der Waals surface area contributed by atoms with E-state index in [1.54, 1.807) is 0 Å². The zero-order valence-corrected chi connectivity index (χ0v) is 13.7. The standard InChI is InChI=1S/C12H23N2.K/c1-4-10(2)14-12(13-3)11-8-6-5-7-9-11;/h11-12,14H,2,4-9H2,1,3H3;/q-1;+1. The van der Waals surface area contributed by atoms with Gasteiger partial charge in [-0.2, -0.15) is 7.05 Å². The molecule has 1 saturated carbocycles. The summed E-state index contributed by atoms with van der Waals surface area (Å²) >= 11 is 0. The van der Waals surface area contributed by atoms with Gasteiger partial charge in [0, 0.05) is 5.70 Å². The molecule has 2 nitrogen and oxygen atoms in total. The van der Waals surface area contributed by atoms with Crippen LogP contribution in [0.4, 0.5) is 0 Å². The van der Waals surface area contributed by atoms with Crippen molar-refractivity contribution in [2.75, 3.05) is 7.05 Å². The molecule has 0 aromatic carbocycles. The molecule has 0 saturated heterocycles. The third-order valence-corrected chi connectivity index (χ3v) is 3.15. The molecule has 1 N–H and O–H groups in total. The molecule has 0 bridgehead atoms. The fraction of sp³-hybridized carbons (Fsp3) is 0.833. The normalized spacial score (nSPS) is 19.1. The van der Waals surface area contributed by atoms with Gasteiger partial charge in [0.05, 0.1) is 0 Å². The molecular formula is C12H23KN2. The minimum absolute atomic E-state index is 0. The molecule has 0 aromatic rings. The van der Waals surface area contributed by atoms with Crippen LogP contribution < -0.4 is 56.7 Å². The zero-order chi connectivity index (χ0) is 10.4. The van der Waals surface area contributed by atoms with Gasteiger partial charge in [-0.1, -0.05) is 51.8 Å². The Bertz CT molecular complexity index is 176. The van der Waals surface area contributed by atoms with Gasteiger partial charge in [-0.15, -0.1) is 0 Å². The van der Waals surface area contributed by atoms with Crippen molar-refractivity contribution in [1.29, 1.82) is 0 Å². The first kappa shape index (κ1) is 16.1. The van der Waals surface area contributed by atoms with Gasteiger partial charge < -0.3 is 10.6 Å². The summed E-state index contributed by atoms with van der Waals surface area (Å²) in [6.45, 7) is 6.11. The van der Waals surface area contributed by atoms with Crippen LogP contribution in [0.5, 0.6) is 0 Å². The summed E-state index contributed by atoms with van der Waals surface area (Å²) in [5.41, 5.74) is 1.12. The predicted molar refractivity (Wildman–Crippen MR) is 62.2 cm³/mol. The third kappa shape index (κ3) is 5.85. The fourth-order valence-electron chi connectivity index (χ4n) is 2.15. The van der Waals surface area contributed by atoms with Gasteiger partial charge in [0.1, 0.15) is 0 Å². The van der Waals surface area contributed by atoms with E-state index in [4.69, 9.17) is 0 Å². The Labute approximate surface area is 137 Å². The monoisotopic (exact) mass is 234 g/mol. The minimum Gasteiger partial charge on any atom is -0.645 e. The maximum absolute atomic E-state index is 4.43. The Morgan fingerprint density at radius 2 is 2.00 bits per heavy atom. The largest absolute Gasteiger partial charge is 1.00 e. The Morgan fingerprint density at radius 3 is 2.47 bits per heavy atom. The van der Waals surface area contributed by atoms with Crippen molar-refractivity contribution in [3.05, 3.63) is 17.6 Å². The van der Waals surface area contributed by atoms with Crippen molar-refractivity contribution >= 4 is 0 Å². The quantitative estimate of drug-likeness (QED) is 0.685. The van der Waals surface area contributed by atoms with Crippen LogP contribution in [0.1, 0.15) is 45.4 Å². The van der Waals surface area contributed by atoms with E-state index in [2.05, 4.69) is 24.1 Å². The summed E-state index contributed by atoms with van der Waals surface area (Å²) in [5.74, 6) is 0.733. The number of allylic oxidation sites excluding steroid dienone is 1. The molecule has 1 rings (SSSR count). The Morgan fingerprint density at radius 1 is 1.40 bits per heavy atom. The van der Waals surface area contributed by atoms with E-state index in [1.165, 1.54) is 32.1 Å². The second-order valence-corrected chi connectivity index (χ2v) is 4.20. The van der Waals surface area contributed by atoms with E-state index in [0.29, 0.717) is 6.17 Å². The molecular weight excluding hydrogens is 211 g/mol. The summed E-state index contributed by atoms with van der Waals surface area (Å²) in [6, 6.07) is 0. The van der Waals surface area contributed by atoms with Gasteiger partial charge in [-0.25, -0.2) is 0 Å². The number of hydrogen-bond donors (Lipinski definition) is 1. The van der Waals surface area contributed by atoms with Crippen LogP contribution in [0.25, 0.3) is 5.32 Å². The number of nitrogens with zero attached hydrogens (tertiary/aromatic N) is 1. The summed E-state index contributed by atoms with van der Waals surface area (Å²) in [6.07, 6.45) is 8.11. The SMILES string of the molecule is C=C(CC)NC([N-]C)C1CCCCC1.[K+]. The van der Waals surface area contributed by atoms with E-state index in [0.717, 1.165) is 18.0 Å². The second-order valence-electron chi connectivity index (χ2n) is 4.20. The summed E-state index contributed by atoms with van der Waals surface area (Å²) in [5, 5.41) is 7.85. The Balaban J connectivity index is 0.00000196. The van der Waals surface area contributed by atoms with E-state index in [9.17, 15) is 0 Å². The summed E-state index contributed by atoms with van der Waals surface area (Å²) < 4.78 is 0. The van der Waals surface area contributed by atoms with Gasteiger partial charge in [-0.05, 0) is 12.3 Å². The third-order valence-electron chi connectivity index (χ3n) is 3.15. The first-order valence-electron chi connectivity index (χ1n) is 5.81. The molecule has 0 spiro atoms. The first-order valence-corrected chi connectivity index (χ1v) is 5.81. The molecule has 15 heavy (non-hydrogen) atoms. The summed E-state index contributed by atoms with van der Waals surface area (Å²) in [4.78, 5) is 0. The smallest absolute Gasteiger partial charge is 0.645 e. The number of hydrogen-bond acceptors (Lipinski definition) is 1. The number of nitrogens with one attached hydrogen (secondary N) is 1. The van der Waals surface area contributed by atoms with Crippen LogP contribution in [0.15, 0.2) is 12.3 Å². The van der Waals surface area contributed by atoms with Gasteiger partial charge in [-0.3, -0.25) is 0 Å². The van der Waals surface area contributed by atoms with Crippen LogP contribution >= 0.6 is 0 Å². The zero-order valence-electron chi connectivity index (χ0n) is 10.6. The summed E-state index contributed by atoms with van der Waals surface area (Å²) in [7, 11) is 1.91. The molecule has 82 valence electrons. The van der Waals surface area contributed by atoms with Crippen LogP contribution in [0, 0.1) is 5.92 Å².